The first-order chi connectivity index (χ1) is 5.82. The molecule has 0 radical (unpaired) electrons. The second-order valence-corrected chi connectivity index (χ2v) is 4.44. The van der Waals surface area contributed by atoms with E-state index in [-0.39, 0.29) is 39.6 Å². The SMILES string of the molecule is O=S(=O)(O)c1cc(Cl)cc(Cl)c1O.[Na+]. The zero-order valence-electron chi connectivity index (χ0n) is 7.03. The fourth-order valence-corrected chi connectivity index (χ4v) is 1.98. The monoisotopic (exact) mass is 265 g/mol. The molecule has 2 N–H and O–H groups in total. The Morgan fingerprint density at radius 2 is 1.71 bits per heavy atom. The molecule has 0 aliphatic rings. The standard InChI is InChI=1S/C6H4Cl2O4S.Na/c7-3-1-4(8)6(9)5(2-3)13(10,11)12;/h1-2,9H,(H,10,11,12);/q;+1. The van der Waals surface area contributed by atoms with Crippen molar-refractivity contribution in [1.29, 1.82) is 0 Å². The van der Waals surface area contributed by atoms with Crippen LogP contribution in [0.4, 0.5) is 0 Å². The van der Waals surface area contributed by atoms with Crippen LogP contribution in [0.3, 0.4) is 0 Å². The van der Waals surface area contributed by atoms with Crippen molar-refractivity contribution >= 4 is 33.3 Å². The van der Waals surface area contributed by atoms with E-state index in [1.165, 1.54) is 0 Å². The molecule has 0 amide bonds. The number of halogens is 2. The molecule has 0 unspecified atom stereocenters. The van der Waals surface area contributed by atoms with E-state index in [1.807, 2.05) is 0 Å². The van der Waals surface area contributed by atoms with Gasteiger partial charge >= 0.3 is 29.6 Å². The number of phenolic OH excluding ortho intramolecular Hbond substituents is 1. The van der Waals surface area contributed by atoms with Gasteiger partial charge in [0.1, 0.15) is 4.90 Å². The first-order valence-corrected chi connectivity index (χ1v) is 5.17. The Morgan fingerprint density at radius 3 is 2.14 bits per heavy atom. The first kappa shape index (κ1) is 14.5. The molecule has 0 fully saturated rings. The number of hydrogen-bond donors (Lipinski definition) is 2. The van der Waals surface area contributed by atoms with Gasteiger partial charge in [0.2, 0.25) is 0 Å². The smallest absolute Gasteiger partial charge is 0.505 e. The van der Waals surface area contributed by atoms with E-state index >= 15 is 0 Å². The van der Waals surface area contributed by atoms with Crippen LogP contribution in [0.2, 0.25) is 10.0 Å². The largest absolute Gasteiger partial charge is 1.00 e. The fraction of sp³-hybridized carbons (Fsp3) is 0. The van der Waals surface area contributed by atoms with Crippen molar-refractivity contribution in [2.75, 3.05) is 0 Å². The van der Waals surface area contributed by atoms with Crippen LogP contribution in [0.15, 0.2) is 17.0 Å². The summed E-state index contributed by atoms with van der Waals surface area (Å²) in [6.07, 6.45) is 0. The average molecular weight is 266 g/mol. The fourth-order valence-electron chi connectivity index (χ4n) is 0.739. The summed E-state index contributed by atoms with van der Waals surface area (Å²) in [5.41, 5.74) is 0. The van der Waals surface area contributed by atoms with Gasteiger partial charge in [-0.15, -0.1) is 0 Å². The Balaban J connectivity index is 0.00000169. The quantitative estimate of drug-likeness (QED) is 0.502. The van der Waals surface area contributed by atoms with E-state index in [9.17, 15) is 8.42 Å². The van der Waals surface area contributed by atoms with Gasteiger partial charge in [0, 0.05) is 5.02 Å². The molecule has 0 aliphatic carbocycles. The molecule has 0 atom stereocenters. The van der Waals surface area contributed by atoms with Crippen molar-refractivity contribution in [3.8, 4) is 5.75 Å². The Kier molecular flexibility index (Phi) is 5.21. The molecule has 0 aromatic heterocycles. The summed E-state index contributed by atoms with van der Waals surface area (Å²) >= 11 is 10.9. The molecule has 0 saturated carbocycles. The van der Waals surface area contributed by atoms with Crippen molar-refractivity contribution < 1.29 is 47.6 Å². The molecule has 0 bridgehead atoms. The van der Waals surface area contributed by atoms with Crippen molar-refractivity contribution in [3.05, 3.63) is 22.2 Å². The number of benzene rings is 1. The molecular formula is C6H4Cl2NaO4S+. The molecule has 72 valence electrons. The molecule has 1 aromatic rings. The minimum Gasteiger partial charge on any atom is -0.505 e. The maximum absolute atomic E-state index is 10.6. The summed E-state index contributed by atoms with van der Waals surface area (Å²) in [7, 11) is -4.50. The van der Waals surface area contributed by atoms with Gasteiger partial charge < -0.3 is 5.11 Å². The number of phenols is 1. The summed E-state index contributed by atoms with van der Waals surface area (Å²) in [6.45, 7) is 0. The Labute approximate surface area is 113 Å². The Hall–Kier alpha value is 0.510. The van der Waals surface area contributed by atoms with Gasteiger partial charge in [-0.1, -0.05) is 23.2 Å². The van der Waals surface area contributed by atoms with Crippen molar-refractivity contribution in [2.45, 2.75) is 4.90 Å². The Morgan fingerprint density at radius 1 is 1.21 bits per heavy atom. The van der Waals surface area contributed by atoms with Gasteiger partial charge in [-0.25, -0.2) is 0 Å². The summed E-state index contributed by atoms with van der Waals surface area (Å²) in [4.78, 5) is -0.704. The molecule has 8 heteroatoms. The molecule has 1 aromatic carbocycles. The number of aromatic hydroxyl groups is 1. The molecule has 0 aliphatic heterocycles. The molecule has 0 heterocycles. The van der Waals surface area contributed by atoms with E-state index in [4.69, 9.17) is 32.9 Å². The normalized spacial score (nSPS) is 10.8. The van der Waals surface area contributed by atoms with E-state index < -0.39 is 20.8 Å². The van der Waals surface area contributed by atoms with Gasteiger partial charge in [-0.05, 0) is 12.1 Å². The number of hydrogen-bond acceptors (Lipinski definition) is 3. The van der Waals surface area contributed by atoms with Crippen molar-refractivity contribution in [1.82, 2.24) is 0 Å². The summed E-state index contributed by atoms with van der Waals surface area (Å²) in [5.74, 6) is -0.714. The zero-order valence-corrected chi connectivity index (χ0v) is 11.4. The van der Waals surface area contributed by atoms with E-state index in [0.717, 1.165) is 12.1 Å². The van der Waals surface area contributed by atoms with Crippen LogP contribution in [0, 0.1) is 0 Å². The number of rotatable bonds is 1. The molecule has 0 spiro atoms. The van der Waals surface area contributed by atoms with E-state index in [0.29, 0.717) is 0 Å². The van der Waals surface area contributed by atoms with Crippen LogP contribution in [0.25, 0.3) is 0 Å². The molecule has 4 nitrogen and oxygen atoms in total. The topological polar surface area (TPSA) is 74.6 Å². The van der Waals surface area contributed by atoms with Crippen molar-refractivity contribution in [3.63, 3.8) is 0 Å². The second kappa shape index (κ2) is 5.03. The summed E-state index contributed by atoms with van der Waals surface area (Å²) in [6, 6.07) is 2.06. The minimum absolute atomic E-state index is 0. The first-order valence-electron chi connectivity index (χ1n) is 2.98. The van der Waals surface area contributed by atoms with Gasteiger partial charge in [-0.2, -0.15) is 8.42 Å². The van der Waals surface area contributed by atoms with Crippen LogP contribution >= 0.6 is 23.2 Å². The third kappa shape index (κ3) is 3.27. The van der Waals surface area contributed by atoms with E-state index in [2.05, 4.69) is 0 Å². The van der Waals surface area contributed by atoms with Gasteiger partial charge in [0.15, 0.2) is 5.75 Å². The summed E-state index contributed by atoms with van der Waals surface area (Å²) < 4.78 is 29.9. The molecule has 1 rings (SSSR count). The van der Waals surface area contributed by atoms with E-state index in [1.54, 1.807) is 0 Å². The van der Waals surface area contributed by atoms with Gasteiger partial charge in [0.25, 0.3) is 10.1 Å². The predicted molar refractivity (Wildman–Crippen MR) is 47.9 cm³/mol. The molecule has 0 saturated heterocycles. The summed E-state index contributed by atoms with van der Waals surface area (Å²) in [5, 5.41) is 8.90. The van der Waals surface area contributed by atoms with Crippen molar-refractivity contribution in [2.24, 2.45) is 0 Å². The molecule has 14 heavy (non-hydrogen) atoms. The maximum atomic E-state index is 10.6. The zero-order chi connectivity index (χ0) is 10.2. The molecular weight excluding hydrogens is 262 g/mol. The predicted octanol–water partition coefficient (Wildman–Crippen LogP) is -1.05. The minimum atomic E-state index is -4.50. The third-order valence-corrected chi connectivity index (χ3v) is 2.64. The van der Waals surface area contributed by atoms with Gasteiger partial charge in [0.05, 0.1) is 5.02 Å². The third-order valence-electron chi connectivity index (χ3n) is 1.27. The maximum Gasteiger partial charge on any atom is 1.00 e. The van der Waals surface area contributed by atoms with Crippen LogP contribution in [-0.2, 0) is 10.1 Å². The van der Waals surface area contributed by atoms with Gasteiger partial charge in [-0.3, -0.25) is 4.55 Å². The van der Waals surface area contributed by atoms with Crippen LogP contribution in [-0.4, -0.2) is 18.1 Å². The second-order valence-electron chi connectivity index (χ2n) is 2.21. The Bertz CT molecular complexity index is 445. The van der Waals surface area contributed by atoms with Crippen LogP contribution < -0.4 is 29.6 Å². The van der Waals surface area contributed by atoms with Crippen LogP contribution in [0.5, 0.6) is 5.75 Å². The van der Waals surface area contributed by atoms with Crippen LogP contribution in [0.1, 0.15) is 0 Å². The average Bonchev–Trinajstić information content (AvgIpc) is 1.94.